The van der Waals surface area contributed by atoms with Gasteiger partial charge in [0.05, 0.1) is 0 Å². The van der Waals surface area contributed by atoms with Crippen LogP contribution in [0.5, 0.6) is 0 Å². The Hall–Kier alpha value is -0.120. The average molecular weight is 372 g/mol. The molecule has 152 valence electrons. The molecule has 0 aromatic heterocycles. The minimum atomic E-state index is 0.690. The third-order valence-corrected chi connectivity index (χ3v) is 10.3. The Labute approximate surface area is 166 Å². The lowest BCUT2D eigenvalue weighted by atomic mass is 9.50. The number of rotatable bonds is 2. The molecule has 3 spiro atoms. The number of piperidine rings is 1. The monoisotopic (exact) mass is 371 g/mol. The van der Waals surface area contributed by atoms with E-state index in [0.29, 0.717) is 5.41 Å². The molecule has 27 heavy (non-hydrogen) atoms. The molecular weight excluding hydrogens is 330 g/mol. The number of hydrazine groups is 1. The molecule has 1 N–H and O–H groups in total. The highest BCUT2D eigenvalue weighted by Crippen LogP contribution is 2.60. The lowest BCUT2D eigenvalue weighted by Crippen LogP contribution is -2.67. The molecule has 6 rings (SSSR count). The minimum Gasteiger partial charge on any atom is -0.316 e. The van der Waals surface area contributed by atoms with E-state index in [1.165, 1.54) is 71.4 Å². The van der Waals surface area contributed by atoms with Gasteiger partial charge in [0.2, 0.25) is 0 Å². The number of hydrogen-bond donors (Lipinski definition) is 1. The molecule has 3 saturated carbocycles. The topological polar surface area (TPSA) is 18.5 Å². The molecule has 0 atom stereocenters. The van der Waals surface area contributed by atoms with Crippen molar-refractivity contribution in [2.75, 3.05) is 39.3 Å². The van der Waals surface area contributed by atoms with Crippen molar-refractivity contribution >= 4 is 0 Å². The summed E-state index contributed by atoms with van der Waals surface area (Å²) in [6.45, 7) is 8.00. The molecule has 0 bridgehead atoms. The summed E-state index contributed by atoms with van der Waals surface area (Å²) < 4.78 is 0. The van der Waals surface area contributed by atoms with Gasteiger partial charge in [0.1, 0.15) is 0 Å². The van der Waals surface area contributed by atoms with Crippen LogP contribution in [-0.4, -0.2) is 49.3 Å². The van der Waals surface area contributed by atoms with Gasteiger partial charge >= 0.3 is 0 Å². The van der Waals surface area contributed by atoms with Crippen LogP contribution in [0.4, 0.5) is 0 Å². The quantitative estimate of drug-likeness (QED) is 0.774. The largest absolute Gasteiger partial charge is 0.316 e. The second kappa shape index (κ2) is 6.44. The summed E-state index contributed by atoms with van der Waals surface area (Å²) in [5.41, 5.74) is 2.25. The van der Waals surface area contributed by atoms with Crippen LogP contribution in [0, 0.1) is 28.1 Å². The Kier molecular flexibility index (Phi) is 4.22. The fourth-order valence-corrected chi connectivity index (χ4v) is 8.15. The molecule has 3 nitrogen and oxygen atoms in total. The van der Waals surface area contributed by atoms with Gasteiger partial charge in [0.15, 0.2) is 0 Å². The van der Waals surface area contributed by atoms with E-state index >= 15 is 0 Å². The van der Waals surface area contributed by atoms with Crippen LogP contribution in [0.3, 0.4) is 0 Å². The Morgan fingerprint density at radius 2 is 1.26 bits per heavy atom. The number of nitrogens with one attached hydrogen (secondary N) is 1. The summed E-state index contributed by atoms with van der Waals surface area (Å²) >= 11 is 0. The normalized spacial score (nSPS) is 38.4. The first-order valence-electron chi connectivity index (χ1n) is 12.4. The maximum atomic E-state index is 3.50. The number of hydrogen-bond acceptors (Lipinski definition) is 3. The molecule has 3 aliphatic carbocycles. The van der Waals surface area contributed by atoms with Crippen molar-refractivity contribution in [3.05, 3.63) is 0 Å². The van der Waals surface area contributed by atoms with Gasteiger partial charge in [-0.25, -0.2) is 10.0 Å². The molecule has 0 radical (unpaired) electrons. The Balaban J connectivity index is 0.951. The summed E-state index contributed by atoms with van der Waals surface area (Å²) in [6.07, 6.45) is 20.0. The van der Waals surface area contributed by atoms with Gasteiger partial charge in [-0.1, -0.05) is 19.3 Å². The number of nitrogens with zero attached hydrogens (tertiary/aromatic N) is 2. The van der Waals surface area contributed by atoms with Crippen molar-refractivity contribution in [1.82, 2.24) is 15.3 Å². The van der Waals surface area contributed by atoms with E-state index in [1.807, 2.05) is 0 Å². The van der Waals surface area contributed by atoms with Crippen molar-refractivity contribution < 1.29 is 0 Å². The smallest absolute Gasteiger partial charge is 0.0203 e. The van der Waals surface area contributed by atoms with Crippen molar-refractivity contribution in [3.63, 3.8) is 0 Å². The maximum absolute atomic E-state index is 3.50. The van der Waals surface area contributed by atoms with Crippen LogP contribution in [0.25, 0.3) is 0 Å². The van der Waals surface area contributed by atoms with Gasteiger partial charge < -0.3 is 5.32 Å². The van der Waals surface area contributed by atoms with Gasteiger partial charge in [0, 0.05) is 39.3 Å². The Morgan fingerprint density at radius 3 is 1.85 bits per heavy atom. The maximum Gasteiger partial charge on any atom is 0.0203 e. The van der Waals surface area contributed by atoms with E-state index in [1.54, 1.807) is 51.4 Å². The minimum absolute atomic E-state index is 0.690. The predicted octanol–water partition coefficient (Wildman–Crippen LogP) is 4.44. The molecule has 6 aliphatic rings. The Morgan fingerprint density at radius 1 is 0.593 bits per heavy atom. The molecule has 3 heteroatoms. The SMILES string of the molecule is C1CCC2(CC1)CC(C1CCC3(CC1)CN(N1CCC4(CC1)CNC4)C3)C2. The standard InChI is InChI=1S/C24H41N3/c1-2-6-22(7-3-1)14-21(15-22)20-4-8-24(9-5-20)18-27(19-24)26-12-10-23(11-13-26)16-25-17-23/h20-21,25H,1-19H2. The molecule has 6 fully saturated rings. The molecule has 0 aromatic carbocycles. The van der Waals surface area contributed by atoms with Gasteiger partial charge in [0.25, 0.3) is 0 Å². The second-order valence-electron chi connectivity index (χ2n) is 11.9. The molecule has 3 aliphatic heterocycles. The van der Waals surface area contributed by atoms with Crippen LogP contribution >= 0.6 is 0 Å². The zero-order valence-corrected chi connectivity index (χ0v) is 17.5. The third-order valence-electron chi connectivity index (χ3n) is 10.3. The van der Waals surface area contributed by atoms with Crippen molar-refractivity contribution in [1.29, 1.82) is 0 Å². The molecule has 3 saturated heterocycles. The highest BCUT2D eigenvalue weighted by molar-refractivity contribution is 5.03. The van der Waals surface area contributed by atoms with E-state index in [4.69, 9.17) is 0 Å². The van der Waals surface area contributed by atoms with Gasteiger partial charge in [-0.15, -0.1) is 0 Å². The van der Waals surface area contributed by atoms with Gasteiger partial charge in [-0.3, -0.25) is 0 Å². The third kappa shape index (κ3) is 3.02. The van der Waals surface area contributed by atoms with E-state index in [2.05, 4.69) is 15.3 Å². The summed E-state index contributed by atoms with van der Waals surface area (Å²) in [5.74, 6) is 2.21. The lowest BCUT2D eigenvalue weighted by molar-refractivity contribution is -0.187. The fraction of sp³-hybridized carbons (Fsp3) is 1.00. The zero-order valence-electron chi connectivity index (χ0n) is 17.5. The van der Waals surface area contributed by atoms with E-state index in [0.717, 1.165) is 22.7 Å². The Bertz CT molecular complexity index is 528. The first kappa shape index (κ1) is 17.7. The molecule has 0 unspecified atom stereocenters. The van der Waals surface area contributed by atoms with Crippen molar-refractivity contribution in [2.45, 2.75) is 83.5 Å². The molecular formula is C24H41N3. The van der Waals surface area contributed by atoms with Gasteiger partial charge in [-0.2, -0.15) is 0 Å². The second-order valence-corrected chi connectivity index (χ2v) is 11.9. The lowest BCUT2D eigenvalue weighted by Gasteiger charge is -2.60. The van der Waals surface area contributed by atoms with Crippen LogP contribution < -0.4 is 5.32 Å². The van der Waals surface area contributed by atoms with E-state index in [9.17, 15) is 0 Å². The van der Waals surface area contributed by atoms with Crippen LogP contribution in [0.2, 0.25) is 0 Å². The average Bonchev–Trinajstić information content (AvgIpc) is 2.64. The summed E-state index contributed by atoms with van der Waals surface area (Å²) in [7, 11) is 0. The highest BCUT2D eigenvalue weighted by Gasteiger charge is 2.52. The van der Waals surface area contributed by atoms with Crippen molar-refractivity contribution in [3.8, 4) is 0 Å². The van der Waals surface area contributed by atoms with Crippen LogP contribution in [-0.2, 0) is 0 Å². The fourth-order valence-electron chi connectivity index (χ4n) is 8.15. The van der Waals surface area contributed by atoms with Crippen LogP contribution in [0.15, 0.2) is 0 Å². The van der Waals surface area contributed by atoms with E-state index < -0.39 is 0 Å². The van der Waals surface area contributed by atoms with Crippen LogP contribution in [0.1, 0.15) is 83.5 Å². The summed E-state index contributed by atoms with van der Waals surface area (Å²) in [5, 5.41) is 8.96. The van der Waals surface area contributed by atoms with Gasteiger partial charge in [-0.05, 0) is 92.3 Å². The van der Waals surface area contributed by atoms with Crippen molar-refractivity contribution in [2.24, 2.45) is 28.1 Å². The predicted molar refractivity (Wildman–Crippen MR) is 110 cm³/mol. The molecule has 3 heterocycles. The highest BCUT2D eigenvalue weighted by atomic mass is 15.7. The first-order valence-corrected chi connectivity index (χ1v) is 12.4. The van der Waals surface area contributed by atoms with E-state index in [-0.39, 0.29) is 0 Å². The first-order chi connectivity index (χ1) is 13.2. The zero-order chi connectivity index (χ0) is 18.0. The summed E-state index contributed by atoms with van der Waals surface area (Å²) in [6, 6.07) is 0. The molecule has 0 aromatic rings. The summed E-state index contributed by atoms with van der Waals surface area (Å²) in [4.78, 5) is 0. The molecule has 0 amide bonds.